The fourth-order valence-corrected chi connectivity index (χ4v) is 12.9. The van der Waals surface area contributed by atoms with Crippen LogP contribution in [0.25, 0.3) is 21.1 Å². The molecule has 3 aromatic carbocycles. The number of rotatable bonds is 23. The lowest BCUT2D eigenvalue weighted by Gasteiger charge is -2.34. The number of aromatic nitrogens is 2. The van der Waals surface area contributed by atoms with Gasteiger partial charge in [0.2, 0.25) is 35.4 Å². The van der Waals surface area contributed by atoms with Crippen molar-refractivity contribution in [2.24, 2.45) is 23.3 Å². The fourth-order valence-electron chi connectivity index (χ4n) is 12.0. The predicted molar refractivity (Wildman–Crippen MR) is 343 cm³/mol. The Labute approximate surface area is 548 Å². The van der Waals surface area contributed by atoms with E-state index in [4.69, 9.17) is 25.7 Å². The maximum absolute atomic E-state index is 14.7. The van der Waals surface area contributed by atoms with E-state index in [2.05, 4.69) is 53.8 Å². The summed E-state index contributed by atoms with van der Waals surface area (Å²) in [5, 5.41) is 102. The maximum atomic E-state index is 14.7. The Balaban J connectivity index is 1.02. The summed E-state index contributed by atoms with van der Waals surface area (Å²) in [6.45, 7) is 5.48. The van der Waals surface area contributed by atoms with Crippen LogP contribution in [0.15, 0.2) is 66.7 Å². The van der Waals surface area contributed by atoms with E-state index >= 15 is 0 Å². The lowest BCUT2D eigenvalue weighted by molar-refractivity contribution is -0.147. The zero-order valence-electron chi connectivity index (χ0n) is 53.1. The highest BCUT2D eigenvalue weighted by Gasteiger charge is 2.50. The number of amides is 7. The molecule has 30 heteroatoms. The van der Waals surface area contributed by atoms with Crippen molar-refractivity contribution in [3.63, 3.8) is 0 Å². The number of carbonyl (C=O) groups excluding carboxylic acids is 7. The first-order chi connectivity index (χ1) is 45.1. The van der Waals surface area contributed by atoms with Crippen molar-refractivity contribution >= 4 is 58.4 Å². The molecule has 5 heterocycles. The number of nitrogens with one attached hydrogen (secondary N) is 5. The molecule has 4 aliphatic heterocycles. The molecule has 13 atom stereocenters. The Bertz CT molecular complexity index is 3190. The summed E-state index contributed by atoms with van der Waals surface area (Å²) in [4.78, 5) is 106. The van der Waals surface area contributed by atoms with Crippen molar-refractivity contribution in [3.05, 3.63) is 77.9 Å². The van der Waals surface area contributed by atoms with Crippen LogP contribution in [-0.4, -0.2) is 249 Å². The first kappa shape index (κ1) is 72.3. The zero-order chi connectivity index (χ0) is 67.8. The highest BCUT2D eigenvalue weighted by molar-refractivity contribution is 7.17. The second kappa shape index (κ2) is 34.3. The molecule has 0 radical (unpaired) electrons. The number of aromatic hydroxyl groups is 1. The Morgan fingerprint density at radius 3 is 2.04 bits per heavy atom. The van der Waals surface area contributed by atoms with Crippen molar-refractivity contribution in [2.75, 3.05) is 84.3 Å². The molecule has 4 saturated heterocycles. The van der Waals surface area contributed by atoms with E-state index in [0.717, 1.165) is 86.6 Å². The van der Waals surface area contributed by atoms with E-state index in [9.17, 15) is 69.3 Å². The average Bonchev–Trinajstić information content (AvgIpc) is 1.63. The quantitative estimate of drug-likeness (QED) is 0.0367. The molecule has 1 unspecified atom stereocenters. The van der Waals surface area contributed by atoms with Gasteiger partial charge in [-0.2, -0.15) is 0 Å². The topological polar surface area (TPSA) is 436 Å². The van der Waals surface area contributed by atoms with Crippen LogP contribution in [0, 0.1) is 11.8 Å². The molecular formula is C64H90N12O17S. The lowest BCUT2D eigenvalue weighted by Crippen LogP contribution is -2.64. The Morgan fingerprint density at radius 1 is 0.734 bits per heavy atom. The largest absolute Gasteiger partial charge is 0.504 e. The smallest absolute Gasteiger partial charge is 0.251 e. The van der Waals surface area contributed by atoms with Gasteiger partial charge in [0.25, 0.3) is 5.91 Å². The SMILES string of the molecule is COCCCCOCC1CCN(c2ccc(-c3nnc(-c4ccc(C(=O)NC5C[C@@H](O)CNC(=O)[C@@H]6[C@@H](O)[C@@H](C)CN6C(=O)[C@H]([C@H](O)CCN)NC(=O)[C@H]([C@H](O)Cc6ccc(O)c(OCCCN)c6)NC(=O)[C@@H]6C[C@@H](O)CN6C(=O)[C@H]([C@@H](C)O)NC5=O)cc4)s3)cc2)CC1. The lowest BCUT2D eigenvalue weighted by atomic mass is 9.97. The van der Waals surface area contributed by atoms with Gasteiger partial charge < -0.3 is 103 Å². The number of hydrogen-bond acceptors (Lipinski definition) is 23. The number of piperidine rings is 1. The van der Waals surface area contributed by atoms with Crippen molar-refractivity contribution in [3.8, 4) is 32.6 Å². The summed E-state index contributed by atoms with van der Waals surface area (Å²) < 4.78 is 16.7. The van der Waals surface area contributed by atoms with Crippen LogP contribution in [0.4, 0.5) is 5.69 Å². The average molecular weight is 1330 g/mol. The molecule has 8 rings (SSSR count). The van der Waals surface area contributed by atoms with Crippen molar-refractivity contribution < 1.29 is 83.5 Å². The third kappa shape index (κ3) is 18.7. The molecule has 94 heavy (non-hydrogen) atoms. The number of aliphatic hydroxyl groups is 6. The van der Waals surface area contributed by atoms with Crippen LogP contribution in [0.1, 0.15) is 81.1 Å². The summed E-state index contributed by atoms with van der Waals surface area (Å²) in [6, 6.07) is 7.46. The number of benzene rings is 3. The number of aliphatic hydroxyl groups excluding tert-OH is 6. The molecule has 0 spiro atoms. The first-order valence-corrected chi connectivity index (χ1v) is 32.8. The van der Waals surface area contributed by atoms with Gasteiger partial charge in [0.05, 0.1) is 43.2 Å². The van der Waals surface area contributed by atoms with E-state index in [1.165, 1.54) is 48.6 Å². The number of phenolic OH excluding ortho intramolecular Hbond substituents is 1. The number of β-amino-alcohol motifs (C(OH)–C–C–N with tert-alkyl or cyclic N) is 1. The number of nitrogens with two attached hydrogens (primary N) is 2. The number of methoxy groups -OCH3 is 1. The Morgan fingerprint density at radius 2 is 1.38 bits per heavy atom. The number of anilines is 1. The second-order valence-electron chi connectivity index (χ2n) is 24.6. The van der Waals surface area contributed by atoms with Crippen LogP contribution >= 0.6 is 11.3 Å². The van der Waals surface area contributed by atoms with Gasteiger partial charge in [0.15, 0.2) is 11.5 Å². The van der Waals surface area contributed by atoms with Crippen LogP contribution in [0.5, 0.6) is 11.5 Å². The summed E-state index contributed by atoms with van der Waals surface area (Å²) >= 11 is 1.34. The van der Waals surface area contributed by atoms with Gasteiger partial charge in [0, 0.05) is 107 Å². The molecule has 1 aromatic heterocycles. The van der Waals surface area contributed by atoms with Gasteiger partial charge in [0.1, 0.15) is 46.3 Å². The molecule has 16 N–H and O–H groups in total. The molecule has 29 nitrogen and oxygen atoms in total. The van der Waals surface area contributed by atoms with Crippen LogP contribution in [-0.2, 0) is 44.7 Å². The van der Waals surface area contributed by atoms with Crippen molar-refractivity contribution in [2.45, 2.75) is 145 Å². The first-order valence-electron chi connectivity index (χ1n) is 32.0. The molecule has 514 valence electrons. The Hall–Kier alpha value is -7.49. The molecule has 0 bridgehead atoms. The van der Waals surface area contributed by atoms with E-state index in [-0.39, 0.29) is 55.3 Å². The fraction of sp³-hybridized carbons (Fsp3) is 0.578. The van der Waals surface area contributed by atoms with Gasteiger partial charge in [-0.1, -0.05) is 36.5 Å². The van der Waals surface area contributed by atoms with Crippen LogP contribution < -0.4 is 47.7 Å². The van der Waals surface area contributed by atoms with Gasteiger partial charge in [-0.05, 0) is 119 Å². The van der Waals surface area contributed by atoms with E-state index < -0.39 is 152 Å². The molecular weight excluding hydrogens is 1240 g/mol. The van der Waals surface area contributed by atoms with Crippen LogP contribution in [0.3, 0.4) is 0 Å². The standard InChI is InChI=1S/C64H90N12O17S/c1-35-32-76-54(55(35)83)60(88)67-31-43(78)29-45(68-56(84)39-8-10-40(11-9-39)61-72-73-62(94-61)41-12-14-42(15-13-41)74-22-18-37(19-23-74)34-92-25-5-4-24-91-3)57(85)69-51(36(2)77)63(89)75-33-44(79)30-46(75)58(86)70-52(59(87)71-53(64(76)90)48(81)17-21-66)49(82)27-38-7-16-47(80)50(28-38)93-26-6-20-65/h7-16,28,35-37,43-46,48-49,51-55,77-83H,4-6,17-27,29-34,65-66H2,1-3H3,(H,67,88)(H,68,84)(H,69,85)(H,70,86)(H,71,87)/t35-,36+,43+,44+,45?,46-,48+,49+,51-,52-,53-,54-,55-/m0/s1. The Kier molecular flexibility index (Phi) is 26.4. The molecule has 0 saturated carbocycles. The van der Waals surface area contributed by atoms with Crippen LogP contribution in [0.2, 0.25) is 0 Å². The van der Waals surface area contributed by atoms with Gasteiger partial charge in [-0.15, -0.1) is 10.2 Å². The summed E-state index contributed by atoms with van der Waals surface area (Å²) in [6.07, 6.45) is -7.38. The molecule has 7 amide bonds. The predicted octanol–water partition coefficient (Wildman–Crippen LogP) is -1.74. The van der Waals surface area contributed by atoms with E-state index in [1.807, 2.05) is 12.1 Å². The summed E-state index contributed by atoms with van der Waals surface area (Å²) in [7, 11) is 1.70. The highest BCUT2D eigenvalue weighted by atomic mass is 32.1. The molecule has 4 aliphatic rings. The molecule has 4 aromatic rings. The number of phenols is 1. The van der Waals surface area contributed by atoms with Crippen molar-refractivity contribution in [1.82, 2.24) is 46.6 Å². The van der Waals surface area contributed by atoms with Gasteiger partial charge in [-0.3, -0.25) is 33.6 Å². The molecule has 0 aliphatic carbocycles. The van der Waals surface area contributed by atoms with Crippen molar-refractivity contribution in [1.29, 1.82) is 0 Å². The minimum absolute atomic E-state index is 0.00404. The number of carbonyl (C=O) groups is 7. The number of fused-ring (bicyclic) bond motifs is 2. The van der Waals surface area contributed by atoms with E-state index in [1.54, 1.807) is 19.2 Å². The minimum atomic E-state index is -2.04. The van der Waals surface area contributed by atoms with Gasteiger partial charge >= 0.3 is 0 Å². The normalized spacial score (nSPS) is 25.7. The third-order valence-electron chi connectivity index (χ3n) is 17.4. The second-order valence-corrected chi connectivity index (χ2v) is 25.6. The summed E-state index contributed by atoms with van der Waals surface area (Å²) in [5.74, 6) is -8.05. The summed E-state index contributed by atoms with van der Waals surface area (Å²) in [5.41, 5.74) is 14.3. The highest BCUT2D eigenvalue weighted by Crippen LogP contribution is 2.34. The van der Waals surface area contributed by atoms with E-state index in [0.29, 0.717) is 27.9 Å². The number of nitrogens with zero attached hydrogens (tertiary/aromatic N) is 5. The number of hydrogen-bond donors (Lipinski definition) is 14. The maximum Gasteiger partial charge on any atom is 0.251 e. The number of ether oxygens (including phenoxy) is 3. The number of unbranched alkanes of at least 4 members (excludes halogenated alkanes) is 1. The third-order valence-corrected chi connectivity index (χ3v) is 18.5. The molecule has 4 fully saturated rings. The zero-order valence-corrected chi connectivity index (χ0v) is 53.9. The monoisotopic (exact) mass is 1330 g/mol. The minimum Gasteiger partial charge on any atom is -0.504 e. The van der Waals surface area contributed by atoms with Gasteiger partial charge in [-0.25, -0.2) is 0 Å².